The highest BCUT2D eigenvalue weighted by molar-refractivity contribution is 5.82. The lowest BCUT2D eigenvalue weighted by molar-refractivity contribution is -0.132. The molecule has 27 heavy (non-hydrogen) atoms. The number of para-hydroxylation sites is 1. The molecular weight excluding hydrogens is 340 g/mol. The molecule has 7 nitrogen and oxygen atoms in total. The van der Waals surface area contributed by atoms with Crippen LogP contribution in [0.15, 0.2) is 48.9 Å². The Morgan fingerprint density at radius 1 is 1.22 bits per heavy atom. The summed E-state index contributed by atoms with van der Waals surface area (Å²) < 4.78 is 4.30. The predicted molar refractivity (Wildman–Crippen MR) is 105 cm³/mol. The zero-order valence-electron chi connectivity index (χ0n) is 15.8. The lowest BCUT2D eigenvalue weighted by Gasteiger charge is -2.21. The lowest BCUT2D eigenvalue weighted by atomic mass is 10.1. The van der Waals surface area contributed by atoms with E-state index in [0.717, 1.165) is 25.3 Å². The molecule has 2 atom stereocenters. The van der Waals surface area contributed by atoms with Crippen LogP contribution in [-0.2, 0) is 17.9 Å². The van der Waals surface area contributed by atoms with Crippen molar-refractivity contribution in [3.8, 4) is 0 Å². The van der Waals surface area contributed by atoms with Gasteiger partial charge < -0.3 is 14.0 Å². The number of carbonyl (C=O) groups excluding carboxylic acids is 1. The van der Waals surface area contributed by atoms with Crippen LogP contribution in [0.4, 0.5) is 0 Å². The number of fused-ring (bicyclic) bond motifs is 1. The number of imidazole rings is 1. The number of aryl methyl sites for hydroxylation is 1. The van der Waals surface area contributed by atoms with E-state index in [9.17, 15) is 4.79 Å². The van der Waals surface area contributed by atoms with Gasteiger partial charge in [-0.15, -0.1) is 0 Å². The Bertz CT molecular complexity index is 929. The fourth-order valence-electron chi connectivity index (χ4n) is 3.71. The second kappa shape index (κ2) is 7.54. The van der Waals surface area contributed by atoms with Crippen molar-refractivity contribution in [1.82, 2.24) is 29.9 Å². The number of benzene rings is 1. The van der Waals surface area contributed by atoms with E-state index in [1.807, 2.05) is 20.2 Å². The van der Waals surface area contributed by atoms with Gasteiger partial charge in [-0.1, -0.05) is 18.2 Å². The third kappa shape index (κ3) is 3.74. The maximum absolute atomic E-state index is 12.7. The molecule has 2 aromatic heterocycles. The summed E-state index contributed by atoms with van der Waals surface area (Å²) in [6, 6.07) is 10.5. The molecule has 1 aliphatic rings. The van der Waals surface area contributed by atoms with E-state index < -0.39 is 0 Å². The van der Waals surface area contributed by atoms with Gasteiger partial charge in [0.2, 0.25) is 5.91 Å². The van der Waals surface area contributed by atoms with Crippen molar-refractivity contribution in [2.45, 2.75) is 38.5 Å². The van der Waals surface area contributed by atoms with E-state index in [0.29, 0.717) is 6.54 Å². The van der Waals surface area contributed by atoms with Crippen molar-refractivity contribution in [1.29, 1.82) is 0 Å². The summed E-state index contributed by atoms with van der Waals surface area (Å²) in [5, 5.41) is 1.24. The Hall–Kier alpha value is -2.64. The van der Waals surface area contributed by atoms with Gasteiger partial charge in [0, 0.05) is 56.8 Å². The van der Waals surface area contributed by atoms with Crippen LogP contribution in [0, 0.1) is 6.92 Å². The fraction of sp³-hybridized carbons (Fsp3) is 0.400. The van der Waals surface area contributed by atoms with Crippen LogP contribution < -0.4 is 10.9 Å². The summed E-state index contributed by atoms with van der Waals surface area (Å²) in [6.07, 6.45) is 6.62. The number of aromatic nitrogens is 3. The number of nitrogens with zero attached hydrogens (tertiary/aromatic N) is 4. The molecule has 1 aliphatic heterocycles. The highest BCUT2D eigenvalue weighted by Gasteiger charge is 2.31. The first-order valence-electron chi connectivity index (χ1n) is 9.39. The van der Waals surface area contributed by atoms with Crippen molar-refractivity contribution in [2.24, 2.45) is 0 Å². The SMILES string of the molecule is Cc1nccn1CCN(C)C(=O)C1CC(Cn2ccc3ccccc32)NN1. The van der Waals surface area contributed by atoms with Gasteiger partial charge in [-0.2, -0.15) is 0 Å². The third-order valence-corrected chi connectivity index (χ3v) is 5.35. The summed E-state index contributed by atoms with van der Waals surface area (Å²) in [5.74, 6) is 1.09. The minimum Gasteiger partial charge on any atom is -0.346 e. The van der Waals surface area contributed by atoms with E-state index in [1.54, 1.807) is 11.1 Å². The molecule has 2 N–H and O–H groups in total. The predicted octanol–water partition coefficient (Wildman–Crippen LogP) is 1.54. The molecule has 3 aromatic rings. The van der Waals surface area contributed by atoms with Crippen molar-refractivity contribution in [3.05, 3.63) is 54.7 Å². The van der Waals surface area contributed by atoms with E-state index in [2.05, 4.69) is 61.5 Å². The van der Waals surface area contributed by atoms with Crippen LogP contribution in [0.1, 0.15) is 12.2 Å². The molecular formula is C20H26N6O. The maximum Gasteiger partial charge on any atom is 0.240 e. The van der Waals surface area contributed by atoms with E-state index >= 15 is 0 Å². The second-order valence-corrected chi connectivity index (χ2v) is 7.23. The second-order valence-electron chi connectivity index (χ2n) is 7.23. The van der Waals surface area contributed by atoms with Crippen molar-refractivity contribution >= 4 is 16.8 Å². The number of rotatable bonds is 6. The summed E-state index contributed by atoms with van der Waals surface area (Å²) >= 11 is 0. The zero-order valence-corrected chi connectivity index (χ0v) is 15.8. The first kappa shape index (κ1) is 17.8. The van der Waals surface area contributed by atoms with Crippen LogP contribution in [0.5, 0.6) is 0 Å². The average molecular weight is 366 g/mol. The summed E-state index contributed by atoms with van der Waals surface area (Å²) in [6.45, 7) is 4.23. The first-order chi connectivity index (χ1) is 13.1. The molecule has 1 fully saturated rings. The average Bonchev–Trinajstić information content (AvgIpc) is 3.40. The molecule has 1 aromatic carbocycles. The maximum atomic E-state index is 12.7. The van der Waals surface area contributed by atoms with Crippen molar-refractivity contribution in [3.63, 3.8) is 0 Å². The lowest BCUT2D eigenvalue weighted by Crippen LogP contribution is -2.45. The quantitative estimate of drug-likeness (QED) is 0.695. The van der Waals surface area contributed by atoms with E-state index in [1.165, 1.54) is 10.9 Å². The van der Waals surface area contributed by atoms with Gasteiger partial charge in [-0.3, -0.25) is 10.2 Å². The van der Waals surface area contributed by atoms with Gasteiger partial charge in [0.05, 0.1) is 0 Å². The Balaban J connectivity index is 1.32. The first-order valence-corrected chi connectivity index (χ1v) is 9.39. The molecule has 2 unspecified atom stereocenters. The number of nitrogens with one attached hydrogen (secondary N) is 2. The number of hydrazine groups is 1. The molecule has 0 spiro atoms. The molecule has 3 heterocycles. The normalized spacial score (nSPS) is 19.6. The highest BCUT2D eigenvalue weighted by atomic mass is 16.2. The third-order valence-electron chi connectivity index (χ3n) is 5.35. The summed E-state index contributed by atoms with van der Waals surface area (Å²) in [5.41, 5.74) is 7.69. The summed E-state index contributed by atoms with van der Waals surface area (Å²) in [7, 11) is 1.86. The Morgan fingerprint density at radius 2 is 2.07 bits per heavy atom. The van der Waals surface area contributed by atoms with Crippen LogP contribution >= 0.6 is 0 Å². The number of amides is 1. The largest absolute Gasteiger partial charge is 0.346 e. The highest BCUT2D eigenvalue weighted by Crippen LogP contribution is 2.17. The number of hydrogen-bond acceptors (Lipinski definition) is 4. The molecule has 1 saturated heterocycles. The molecule has 0 saturated carbocycles. The van der Waals surface area contributed by atoms with Crippen molar-refractivity contribution < 1.29 is 4.79 Å². The minimum absolute atomic E-state index is 0.125. The van der Waals surface area contributed by atoms with Crippen LogP contribution in [0.2, 0.25) is 0 Å². The van der Waals surface area contributed by atoms with Gasteiger partial charge in [-0.25, -0.2) is 10.4 Å². The van der Waals surface area contributed by atoms with Gasteiger partial charge in [0.25, 0.3) is 0 Å². The van der Waals surface area contributed by atoms with Gasteiger partial charge in [-0.05, 0) is 30.9 Å². The Morgan fingerprint density at radius 3 is 2.89 bits per heavy atom. The van der Waals surface area contributed by atoms with Crippen LogP contribution in [-0.4, -0.2) is 50.6 Å². The van der Waals surface area contributed by atoms with Gasteiger partial charge in [0.15, 0.2) is 0 Å². The van der Waals surface area contributed by atoms with Gasteiger partial charge >= 0.3 is 0 Å². The number of hydrogen-bond donors (Lipinski definition) is 2. The standard InChI is InChI=1S/C20H26N6O/c1-15-21-8-10-25(15)12-11-24(2)20(27)18-13-17(22-23-18)14-26-9-7-16-5-3-4-6-19(16)26/h3-10,17-18,22-23H,11-14H2,1-2H3. The fourth-order valence-corrected chi connectivity index (χ4v) is 3.71. The zero-order chi connectivity index (χ0) is 18.8. The Kier molecular flexibility index (Phi) is 4.96. The molecule has 0 aliphatic carbocycles. The molecule has 1 amide bonds. The van der Waals surface area contributed by atoms with Crippen LogP contribution in [0.3, 0.4) is 0 Å². The topological polar surface area (TPSA) is 67.1 Å². The number of carbonyl (C=O) groups is 1. The molecule has 0 bridgehead atoms. The smallest absolute Gasteiger partial charge is 0.240 e. The molecule has 4 rings (SSSR count). The monoisotopic (exact) mass is 366 g/mol. The Labute approximate surface area is 158 Å². The van der Waals surface area contributed by atoms with Gasteiger partial charge in [0.1, 0.15) is 11.9 Å². The molecule has 0 radical (unpaired) electrons. The van der Waals surface area contributed by atoms with E-state index in [-0.39, 0.29) is 18.0 Å². The molecule has 142 valence electrons. The number of likely N-dealkylation sites (N-methyl/N-ethyl adjacent to an activating group) is 1. The van der Waals surface area contributed by atoms with E-state index in [4.69, 9.17) is 0 Å². The van der Waals surface area contributed by atoms with Crippen LogP contribution in [0.25, 0.3) is 10.9 Å². The summed E-state index contributed by atoms with van der Waals surface area (Å²) in [4.78, 5) is 18.8. The van der Waals surface area contributed by atoms with Crippen molar-refractivity contribution in [2.75, 3.05) is 13.6 Å². The molecule has 7 heteroatoms. The minimum atomic E-state index is -0.189.